The van der Waals surface area contributed by atoms with Crippen molar-refractivity contribution >= 4 is 82.1 Å². The van der Waals surface area contributed by atoms with Crippen LogP contribution in [0.2, 0.25) is 0 Å². The highest BCUT2D eigenvalue weighted by atomic mass is 32.2. The van der Waals surface area contributed by atoms with Crippen molar-refractivity contribution < 1.29 is 28.4 Å². The summed E-state index contributed by atoms with van der Waals surface area (Å²) in [6.07, 6.45) is 4.30. The second-order valence-corrected chi connectivity index (χ2v) is 12.4. The number of benzene rings is 2. The predicted molar refractivity (Wildman–Crippen MR) is 165 cm³/mol. The Kier molecular flexibility index (Phi) is 8.48. The van der Waals surface area contributed by atoms with Crippen LogP contribution in [0.3, 0.4) is 0 Å². The Hall–Kier alpha value is -2.47. The van der Waals surface area contributed by atoms with Gasteiger partial charge >= 0.3 is 0 Å². The number of fused-ring (bicyclic) bond motifs is 4. The Balaban J connectivity index is 0.959. The largest absolute Gasteiger partial charge is 0.495 e. The summed E-state index contributed by atoms with van der Waals surface area (Å²) < 4.78 is 38.7. The summed E-state index contributed by atoms with van der Waals surface area (Å²) in [7, 11) is 3.45. The van der Waals surface area contributed by atoms with Crippen molar-refractivity contribution in [2.75, 3.05) is 59.6 Å². The second-order valence-electron chi connectivity index (χ2n) is 8.59. The van der Waals surface area contributed by atoms with Crippen LogP contribution in [-0.2, 0) is 9.47 Å². The van der Waals surface area contributed by atoms with Crippen LogP contribution >= 0.6 is 45.8 Å². The smallest absolute Gasteiger partial charge is 0.146 e. The van der Waals surface area contributed by atoms with Crippen molar-refractivity contribution in [1.29, 1.82) is 0 Å². The molecule has 0 spiro atoms. The Morgan fingerprint density at radius 2 is 1.13 bits per heavy atom. The fourth-order valence-electron chi connectivity index (χ4n) is 4.72. The number of thioether (sulfide) groups is 1. The quantitative estimate of drug-likeness (QED) is 0.127. The molecule has 0 amide bonds. The van der Waals surface area contributed by atoms with Gasteiger partial charge in [0, 0.05) is 27.5 Å². The zero-order chi connectivity index (χ0) is 26.6. The molecule has 204 valence electrons. The van der Waals surface area contributed by atoms with Gasteiger partial charge in [-0.05, 0) is 34.3 Å². The number of hydrogen-bond donors (Lipinski definition) is 0. The first-order valence-corrected chi connectivity index (χ1v) is 16.2. The Bertz CT molecular complexity index is 1560. The van der Waals surface area contributed by atoms with Gasteiger partial charge in [0.1, 0.15) is 36.2 Å². The second kappa shape index (κ2) is 12.4. The highest BCUT2D eigenvalue weighted by Gasteiger charge is 2.23. The average Bonchev–Trinajstić information content (AvgIpc) is 3.74. The maximum Gasteiger partial charge on any atom is 0.146 e. The van der Waals surface area contributed by atoms with Gasteiger partial charge < -0.3 is 28.4 Å². The summed E-state index contributed by atoms with van der Waals surface area (Å²) in [5.41, 5.74) is 1.10. The average molecular weight is 601 g/mol. The SMILES string of the molecule is COc1c2c(c(OCCOCCOCCOc3c4ccsc4c(OC)c4ccsc34)c3ccsc13)SCC=C2. The van der Waals surface area contributed by atoms with Gasteiger partial charge in [0.05, 0.1) is 59.6 Å². The van der Waals surface area contributed by atoms with Crippen molar-refractivity contribution in [2.45, 2.75) is 4.90 Å². The molecule has 0 radical (unpaired) electrons. The van der Waals surface area contributed by atoms with E-state index >= 15 is 0 Å². The van der Waals surface area contributed by atoms with Crippen molar-refractivity contribution in [3.63, 3.8) is 0 Å². The first-order chi connectivity index (χ1) is 19.3. The molecule has 0 N–H and O–H groups in total. The van der Waals surface area contributed by atoms with Crippen molar-refractivity contribution in [3.05, 3.63) is 46.0 Å². The number of rotatable bonds is 13. The number of hydrogen-bond acceptors (Lipinski definition) is 10. The molecule has 39 heavy (non-hydrogen) atoms. The van der Waals surface area contributed by atoms with Gasteiger partial charge in [0.15, 0.2) is 0 Å². The lowest BCUT2D eigenvalue weighted by atomic mass is 10.1. The third-order valence-electron chi connectivity index (χ3n) is 6.38. The molecule has 3 aromatic heterocycles. The third-order valence-corrected chi connectivity index (χ3v) is 10.2. The maximum atomic E-state index is 6.25. The Morgan fingerprint density at radius 1 is 0.615 bits per heavy atom. The van der Waals surface area contributed by atoms with E-state index in [1.807, 2.05) is 0 Å². The lowest BCUT2D eigenvalue weighted by Crippen LogP contribution is -2.14. The summed E-state index contributed by atoms with van der Waals surface area (Å²) in [6.45, 7) is 2.93. The topological polar surface area (TPSA) is 55.4 Å². The number of ether oxygens (including phenoxy) is 6. The summed E-state index contributed by atoms with van der Waals surface area (Å²) in [4.78, 5) is 1.14. The maximum absolute atomic E-state index is 6.25. The van der Waals surface area contributed by atoms with Gasteiger partial charge in [0.25, 0.3) is 0 Å². The van der Waals surface area contributed by atoms with Gasteiger partial charge in [-0.25, -0.2) is 0 Å². The van der Waals surface area contributed by atoms with Crippen molar-refractivity contribution in [2.24, 2.45) is 0 Å². The molecule has 1 aliphatic heterocycles. The van der Waals surface area contributed by atoms with Gasteiger partial charge in [-0.1, -0.05) is 12.2 Å². The Morgan fingerprint density at radius 3 is 1.77 bits per heavy atom. The highest BCUT2D eigenvalue weighted by molar-refractivity contribution is 7.99. The van der Waals surface area contributed by atoms with Gasteiger partial charge in [-0.2, -0.15) is 0 Å². The van der Waals surface area contributed by atoms with Crippen molar-refractivity contribution in [1.82, 2.24) is 0 Å². The standard InChI is InChI=1S/C29H28O6S4/c1-30-22-18-4-3-14-36-28(18)24(20-6-16-37-26(20)22)34-12-10-32-8-9-33-11-13-35-25-21-7-17-38-27(21)23(31-2)19-5-15-39-29(19)25/h3-7,15-17H,8-14H2,1-2H3. The molecule has 10 heteroatoms. The van der Waals surface area contributed by atoms with Crippen LogP contribution in [0.5, 0.6) is 23.0 Å². The molecule has 0 fully saturated rings. The highest BCUT2D eigenvalue weighted by Crippen LogP contribution is 2.50. The lowest BCUT2D eigenvalue weighted by molar-refractivity contribution is 0.0275. The number of methoxy groups -OCH3 is 2. The molecule has 6 nitrogen and oxygen atoms in total. The fourth-order valence-corrected chi connectivity index (χ4v) is 8.45. The number of thiophene rings is 3. The minimum absolute atomic E-state index is 0.471. The summed E-state index contributed by atoms with van der Waals surface area (Å²) in [5, 5.41) is 9.50. The van der Waals surface area contributed by atoms with Crippen molar-refractivity contribution in [3.8, 4) is 23.0 Å². The van der Waals surface area contributed by atoms with Crippen LogP contribution in [0, 0.1) is 0 Å². The molecule has 4 heterocycles. The van der Waals surface area contributed by atoms with Gasteiger partial charge in [0.2, 0.25) is 0 Å². The van der Waals surface area contributed by atoms with E-state index in [2.05, 4.69) is 46.5 Å². The van der Waals surface area contributed by atoms with E-state index in [1.165, 1.54) is 0 Å². The van der Waals surface area contributed by atoms with Crippen LogP contribution in [0.25, 0.3) is 36.3 Å². The minimum atomic E-state index is 0.471. The van der Waals surface area contributed by atoms with E-state index in [4.69, 9.17) is 28.4 Å². The van der Waals surface area contributed by atoms with Gasteiger partial charge in [-0.15, -0.1) is 45.8 Å². The summed E-state index contributed by atoms with van der Waals surface area (Å²) in [6, 6.07) is 6.28. The van der Waals surface area contributed by atoms with Gasteiger partial charge in [-0.3, -0.25) is 0 Å². The Labute approximate surface area is 243 Å². The van der Waals surface area contributed by atoms with E-state index in [0.29, 0.717) is 39.6 Å². The zero-order valence-electron chi connectivity index (χ0n) is 21.7. The lowest BCUT2D eigenvalue weighted by Gasteiger charge is -2.20. The van der Waals surface area contributed by atoms with E-state index < -0.39 is 0 Å². The fraction of sp³-hybridized carbons (Fsp3) is 0.310. The molecule has 0 saturated carbocycles. The van der Waals surface area contributed by atoms with Crippen LogP contribution in [0.15, 0.2) is 45.3 Å². The minimum Gasteiger partial charge on any atom is -0.495 e. The molecule has 2 aromatic carbocycles. The molecule has 1 aliphatic rings. The molecular weight excluding hydrogens is 573 g/mol. The molecular formula is C29H28O6S4. The molecule has 5 aromatic rings. The first-order valence-electron chi connectivity index (χ1n) is 12.6. The normalized spacial score (nSPS) is 12.9. The molecule has 0 aliphatic carbocycles. The molecule has 0 unspecified atom stereocenters. The first kappa shape index (κ1) is 26.7. The van der Waals surface area contributed by atoms with Crippen LogP contribution in [-0.4, -0.2) is 59.6 Å². The molecule has 0 bridgehead atoms. The van der Waals surface area contributed by atoms with E-state index in [0.717, 1.165) is 69.5 Å². The predicted octanol–water partition coefficient (Wildman–Crippen LogP) is 7.96. The summed E-state index contributed by atoms with van der Waals surface area (Å²) >= 11 is 6.79. The summed E-state index contributed by atoms with van der Waals surface area (Å²) in [5.74, 6) is 4.60. The van der Waals surface area contributed by atoms with Crippen LogP contribution in [0.1, 0.15) is 5.56 Å². The zero-order valence-corrected chi connectivity index (χ0v) is 24.9. The van der Waals surface area contributed by atoms with E-state index in [1.54, 1.807) is 60.0 Å². The van der Waals surface area contributed by atoms with Crippen LogP contribution in [0.4, 0.5) is 0 Å². The monoisotopic (exact) mass is 600 g/mol. The van der Waals surface area contributed by atoms with Crippen LogP contribution < -0.4 is 18.9 Å². The van der Waals surface area contributed by atoms with E-state index in [-0.39, 0.29) is 0 Å². The molecule has 0 saturated heterocycles. The molecule has 6 rings (SSSR count). The van der Waals surface area contributed by atoms with E-state index in [9.17, 15) is 0 Å². The third kappa shape index (κ3) is 5.21. The molecule has 0 atom stereocenters.